The minimum Gasteiger partial charge on any atom is -0.493 e. The van der Waals surface area contributed by atoms with Crippen LogP contribution in [0.15, 0.2) is 89.0 Å². The summed E-state index contributed by atoms with van der Waals surface area (Å²) in [6, 6.07) is 16.6. The number of benzene rings is 2. The van der Waals surface area contributed by atoms with Crippen LogP contribution < -0.4 is 14.8 Å². The number of allylic oxidation sites excluding steroid dienone is 4. The standard InChI is InChI=1S/C36H40Cl2N2O6S/c1-7-27(37)25(28(38)8-2)22-30(24-13-14-29(43-5)31(21-24)44-6)46-34(41)32-15-16-33(47-32)39-36(35(42)45-20-19-40(3)4)18-17-23-11-9-10-12-26(23)36/h7-16,21,30,39H,1,17-20,22H2,2-6H3/b27-25+,28-8+/t30-,36?/m0/s1. The number of fused-ring (bicyclic) bond motifs is 1. The zero-order chi connectivity index (χ0) is 34.1. The summed E-state index contributed by atoms with van der Waals surface area (Å²) in [5.74, 6) is 0.104. The van der Waals surface area contributed by atoms with Crippen LogP contribution in [0.25, 0.3) is 0 Å². The molecule has 1 aliphatic carbocycles. The van der Waals surface area contributed by atoms with Crippen LogP contribution in [0.4, 0.5) is 5.00 Å². The summed E-state index contributed by atoms with van der Waals surface area (Å²) < 4.78 is 22.8. The highest BCUT2D eigenvalue weighted by Gasteiger charge is 2.47. The van der Waals surface area contributed by atoms with Crippen molar-refractivity contribution < 1.29 is 28.5 Å². The summed E-state index contributed by atoms with van der Waals surface area (Å²) in [6.45, 7) is 6.44. The number of hydrogen-bond acceptors (Lipinski definition) is 9. The van der Waals surface area contributed by atoms with Crippen molar-refractivity contribution in [1.82, 2.24) is 4.90 Å². The Morgan fingerprint density at radius 2 is 1.83 bits per heavy atom. The molecule has 1 aromatic heterocycles. The number of hydrogen-bond donors (Lipinski definition) is 1. The van der Waals surface area contributed by atoms with E-state index in [0.29, 0.717) is 55.5 Å². The number of ether oxygens (including phenoxy) is 4. The molecule has 0 fully saturated rings. The molecule has 0 saturated heterocycles. The number of esters is 2. The van der Waals surface area contributed by atoms with Crippen LogP contribution in [-0.2, 0) is 26.2 Å². The lowest BCUT2D eigenvalue weighted by Gasteiger charge is -2.30. The quantitative estimate of drug-likeness (QED) is 0.126. The van der Waals surface area contributed by atoms with E-state index in [1.807, 2.05) is 43.3 Å². The summed E-state index contributed by atoms with van der Waals surface area (Å²) in [6.07, 6.45) is 3.84. The van der Waals surface area contributed by atoms with Crippen molar-refractivity contribution >= 4 is 51.5 Å². The van der Waals surface area contributed by atoms with Crippen molar-refractivity contribution in [3.05, 3.63) is 111 Å². The number of aryl methyl sites for hydroxylation is 1. The van der Waals surface area contributed by atoms with Crippen LogP contribution in [-0.4, -0.2) is 58.3 Å². The van der Waals surface area contributed by atoms with Crippen LogP contribution in [0.1, 0.15) is 52.2 Å². The Labute approximate surface area is 290 Å². The molecule has 47 heavy (non-hydrogen) atoms. The van der Waals surface area contributed by atoms with Crippen molar-refractivity contribution in [1.29, 1.82) is 0 Å². The minimum absolute atomic E-state index is 0.171. The molecule has 1 N–H and O–H groups in total. The predicted octanol–water partition coefficient (Wildman–Crippen LogP) is 8.23. The van der Waals surface area contributed by atoms with Gasteiger partial charge in [-0.1, -0.05) is 72.3 Å². The second-order valence-corrected chi connectivity index (χ2v) is 13.1. The van der Waals surface area contributed by atoms with E-state index in [1.165, 1.54) is 24.5 Å². The van der Waals surface area contributed by atoms with Gasteiger partial charge in [0.2, 0.25) is 0 Å². The first-order chi connectivity index (χ1) is 22.6. The highest BCUT2D eigenvalue weighted by Crippen LogP contribution is 2.43. The van der Waals surface area contributed by atoms with Crippen molar-refractivity contribution in [2.45, 2.75) is 37.8 Å². The Bertz CT molecular complexity index is 1670. The first kappa shape index (κ1) is 36.1. The third kappa shape index (κ3) is 8.40. The number of nitrogens with one attached hydrogen (secondary N) is 1. The van der Waals surface area contributed by atoms with Gasteiger partial charge >= 0.3 is 11.9 Å². The summed E-state index contributed by atoms with van der Waals surface area (Å²) in [4.78, 5) is 29.7. The van der Waals surface area contributed by atoms with Gasteiger partial charge in [0.15, 0.2) is 17.0 Å². The number of nitrogens with zero attached hydrogens (tertiary/aromatic N) is 1. The van der Waals surface area contributed by atoms with Crippen LogP contribution >= 0.6 is 34.5 Å². The van der Waals surface area contributed by atoms with E-state index in [9.17, 15) is 9.59 Å². The van der Waals surface area contributed by atoms with Gasteiger partial charge in [0.25, 0.3) is 0 Å². The molecule has 3 aromatic rings. The van der Waals surface area contributed by atoms with E-state index in [4.69, 9.17) is 42.1 Å². The summed E-state index contributed by atoms with van der Waals surface area (Å²) >= 11 is 14.2. The monoisotopic (exact) mass is 698 g/mol. The Balaban J connectivity index is 1.64. The lowest BCUT2D eigenvalue weighted by Crippen LogP contribution is -2.43. The Hall–Kier alpha value is -3.76. The largest absolute Gasteiger partial charge is 0.493 e. The van der Waals surface area contributed by atoms with Crippen LogP contribution in [0.2, 0.25) is 0 Å². The molecule has 1 unspecified atom stereocenters. The van der Waals surface area contributed by atoms with E-state index in [2.05, 4.69) is 11.9 Å². The Kier molecular flexibility index (Phi) is 12.6. The second-order valence-electron chi connectivity index (χ2n) is 11.2. The minimum atomic E-state index is -1.08. The fourth-order valence-electron chi connectivity index (χ4n) is 5.43. The maximum Gasteiger partial charge on any atom is 0.349 e. The molecule has 1 aliphatic rings. The van der Waals surface area contributed by atoms with Gasteiger partial charge < -0.3 is 29.2 Å². The van der Waals surface area contributed by atoms with Gasteiger partial charge in [-0.2, -0.15) is 0 Å². The van der Waals surface area contributed by atoms with Crippen molar-refractivity contribution in [2.24, 2.45) is 0 Å². The first-order valence-corrected chi connectivity index (χ1v) is 16.7. The molecule has 0 saturated carbocycles. The highest BCUT2D eigenvalue weighted by atomic mass is 35.5. The summed E-state index contributed by atoms with van der Waals surface area (Å²) in [5, 5.41) is 4.84. The number of thiophene rings is 1. The fourth-order valence-corrected chi connectivity index (χ4v) is 6.71. The summed E-state index contributed by atoms with van der Waals surface area (Å²) in [5.41, 5.74) is 2.10. The van der Waals surface area contributed by atoms with Gasteiger partial charge in [0.1, 0.15) is 17.6 Å². The number of rotatable bonds is 15. The van der Waals surface area contributed by atoms with Gasteiger partial charge in [0, 0.05) is 23.0 Å². The molecule has 0 amide bonds. The number of likely N-dealkylation sites (N-methyl/N-ethyl adjacent to an activating group) is 1. The molecular weight excluding hydrogens is 659 g/mol. The van der Waals surface area contributed by atoms with Crippen LogP contribution in [0, 0.1) is 0 Å². The molecule has 0 aliphatic heterocycles. The highest BCUT2D eigenvalue weighted by molar-refractivity contribution is 7.17. The number of methoxy groups -OCH3 is 2. The third-order valence-electron chi connectivity index (χ3n) is 7.94. The van der Waals surface area contributed by atoms with Crippen molar-refractivity contribution in [2.75, 3.05) is 46.8 Å². The van der Waals surface area contributed by atoms with Gasteiger partial charge in [-0.15, -0.1) is 11.3 Å². The molecule has 0 spiro atoms. The van der Waals surface area contributed by atoms with Gasteiger partial charge in [-0.25, -0.2) is 9.59 Å². The summed E-state index contributed by atoms with van der Waals surface area (Å²) in [7, 11) is 6.93. The fraction of sp³-hybridized carbons (Fsp3) is 0.333. The molecule has 1 heterocycles. The lowest BCUT2D eigenvalue weighted by molar-refractivity contribution is -0.149. The third-order valence-corrected chi connectivity index (χ3v) is 9.75. The van der Waals surface area contributed by atoms with E-state index in [-0.39, 0.29) is 19.0 Å². The lowest BCUT2D eigenvalue weighted by atomic mass is 9.92. The maximum atomic E-state index is 13.7. The van der Waals surface area contributed by atoms with Crippen LogP contribution in [0.5, 0.6) is 11.5 Å². The average molecular weight is 700 g/mol. The number of carbonyl (C=O) groups excluding carboxylic acids is 2. The zero-order valence-electron chi connectivity index (χ0n) is 27.2. The maximum absolute atomic E-state index is 13.7. The molecule has 2 aromatic carbocycles. The van der Waals surface area contributed by atoms with Gasteiger partial charge in [-0.05, 0) is 80.4 Å². The smallest absolute Gasteiger partial charge is 0.349 e. The van der Waals surface area contributed by atoms with E-state index < -0.39 is 17.6 Å². The molecule has 250 valence electrons. The van der Waals surface area contributed by atoms with Crippen molar-refractivity contribution in [3.8, 4) is 11.5 Å². The molecule has 8 nitrogen and oxygen atoms in total. The first-order valence-electron chi connectivity index (χ1n) is 15.1. The normalized spacial score (nSPS) is 17.0. The topological polar surface area (TPSA) is 86.3 Å². The Morgan fingerprint density at radius 3 is 2.51 bits per heavy atom. The number of anilines is 1. The molecule has 4 rings (SSSR count). The predicted molar refractivity (Wildman–Crippen MR) is 189 cm³/mol. The number of halogens is 2. The second kappa shape index (κ2) is 16.4. The van der Waals surface area contributed by atoms with Gasteiger partial charge in [0.05, 0.1) is 19.2 Å². The van der Waals surface area contributed by atoms with Crippen LogP contribution in [0.3, 0.4) is 0 Å². The molecule has 0 radical (unpaired) electrons. The van der Waals surface area contributed by atoms with E-state index in [1.54, 1.807) is 50.4 Å². The van der Waals surface area contributed by atoms with E-state index in [0.717, 1.165) is 17.5 Å². The number of carbonyl (C=O) groups is 2. The SMILES string of the molecule is C=C/C(Cl)=C(C[C@H](OC(=O)c1ccc(NC2(C(=O)OCCN(C)C)CCc3ccccc32)s1)c1ccc(OC)c(OC)c1)\C(Cl)=C/C. The molecule has 11 heteroatoms. The Morgan fingerprint density at radius 1 is 1.09 bits per heavy atom. The van der Waals surface area contributed by atoms with Gasteiger partial charge in [-0.3, -0.25) is 0 Å². The molecule has 2 atom stereocenters. The molecular formula is C36H40Cl2N2O6S. The van der Waals surface area contributed by atoms with Crippen molar-refractivity contribution in [3.63, 3.8) is 0 Å². The zero-order valence-corrected chi connectivity index (χ0v) is 29.6. The van der Waals surface area contributed by atoms with E-state index >= 15 is 0 Å². The molecule has 0 bridgehead atoms. The average Bonchev–Trinajstić information content (AvgIpc) is 3.71.